The predicted octanol–water partition coefficient (Wildman–Crippen LogP) is 5.75. The molecule has 1 aromatic heterocycles. The van der Waals surface area contributed by atoms with Crippen molar-refractivity contribution in [1.29, 1.82) is 0 Å². The summed E-state index contributed by atoms with van der Waals surface area (Å²) in [5.74, 6) is -3.29. The van der Waals surface area contributed by atoms with E-state index in [2.05, 4.69) is 9.99 Å². The van der Waals surface area contributed by atoms with E-state index in [1.54, 1.807) is 0 Å². The van der Waals surface area contributed by atoms with Crippen molar-refractivity contribution in [3.8, 4) is 11.3 Å². The highest BCUT2D eigenvalue weighted by atomic mass is 35.5. The van der Waals surface area contributed by atoms with Crippen molar-refractivity contribution < 1.29 is 27.2 Å². The lowest BCUT2D eigenvalue weighted by Gasteiger charge is -2.05. The van der Waals surface area contributed by atoms with Gasteiger partial charge >= 0.3 is 12.1 Å². The van der Waals surface area contributed by atoms with Crippen LogP contribution in [0.2, 0.25) is 10.0 Å². The first kappa shape index (κ1) is 20.8. The Kier molecular flexibility index (Phi) is 5.86. The normalized spacial score (nSPS) is 12.1. The van der Waals surface area contributed by atoms with E-state index in [-0.39, 0.29) is 11.6 Å². The molecule has 2 N–H and O–H groups in total. The summed E-state index contributed by atoms with van der Waals surface area (Å²) in [6, 6.07) is 12.8. The van der Waals surface area contributed by atoms with Gasteiger partial charge in [0.25, 0.3) is 0 Å². The van der Waals surface area contributed by atoms with E-state index in [0.29, 0.717) is 21.2 Å². The van der Waals surface area contributed by atoms with E-state index in [9.17, 15) is 18.0 Å². The van der Waals surface area contributed by atoms with Crippen LogP contribution >= 0.6 is 23.2 Å². The highest BCUT2D eigenvalue weighted by Gasteiger charge is 2.41. The smallest absolute Gasteiger partial charge is 0.450 e. The standard InChI is InChI=1S/C19H11Cl2F3N2O3/c20-12-5-1-10(2-6-12)15-9-14(16(28-15)19(22,23)24)18(27)29-26-17(25)11-3-7-13(21)8-4-11/h1-9H,(H2,25,26). The molecule has 0 radical (unpaired) electrons. The van der Waals surface area contributed by atoms with Gasteiger partial charge in [-0.1, -0.05) is 28.4 Å². The zero-order valence-electron chi connectivity index (χ0n) is 14.3. The van der Waals surface area contributed by atoms with Gasteiger partial charge in [0.1, 0.15) is 11.3 Å². The summed E-state index contributed by atoms with van der Waals surface area (Å²) in [6.45, 7) is 0. The van der Waals surface area contributed by atoms with Crippen molar-refractivity contribution >= 4 is 35.0 Å². The van der Waals surface area contributed by atoms with E-state index < -0.39 is 23.5 Å². The van der Waals surface area contributed by atoms with Crippen molar-refractivity contribution in [3.05, 3.63) is 81.5 Å². The maximum Gasteiger partial charge on any atom is 0.450 e. The van der Waals surface area contributed by atoms with Crippen LogP contribution in [0.4, 0.5) is 13.2 Å². The SMILES string of the molecule is N/C(=N/OC(=O)c1cc(-c2ccc(Cl)cc2)oc1C(F)(F)F)c1ccc(Cl)cc1. The third-order valence-corrected chi connectivity index (χ3v) is 4.21. The Morgan fingerprint density at radius 3 is 2.10 bits per heavy atom. The molecule has 29 heavy (non-hydrogen) atoms. The molecule has 10 heteroatoms. The fraction of sp³-hybridized carbons (Fsp3) is 0.0526. The van der Waals surface area contributed by atoms with E-state index in [1.165, 1.54) is 48.5 Å². The van der Waals surface area contributed by atoms with Gasteiger partial charge in [-0.15, -0.1) is 0 Å². The Hall–Kier alpha value is -2.97. The molecule has 0 aliphatic heterocycles. The number of nitrogens with two attached hydrogens (primary N) is 1. The van der Waals surface area contributed by atoms with Crippen molar-refractivity contribution in [2.24, 2.45) is 10.9 Å². The quantitative estimate of drug-likeness (QED) is 0.241. The zero-order valence-corrected chi connectivity index (χ0v) is 15.8. The number of benzene rings is 2. The Bertz CT molecular complexity index is 1060. The molecule has 0 spiro atoms. The van der Waals surface area contributed by atoms with Crippen LogP contribution in [-0.4, -0.2) is 11.8 Å². The molecular formula is C19H11Cl2F3N2O3. The Balaban J connectivity index is 1.90. The van der Waals surface area contributed by atoms with E-state index in [1.807, 2.05) is 0 Å². The molecule has 0 aliphatic rings. The predicted molar refractivity (Wildman–Crippen MR) is 102 cm³/mol. The topological polar surface area (TPSA) is 77.8 Å². The molecule has 3 rings (SSSR count). The third-order valence-electron chi connectivity index (χ3n) is 3.71. The van der Waals surface area contributed by atoms with Crippen LogP contribution < -0.4 is 5.73 Å². The molecule has 1 heterocycles. The van der Waals surface area contributed by atoms with Gasteiger partial charge in [0.15, 0.2) is 5.84 Å². The fourth-order valence-corrected chi connectivity index (χ4v) is 2.57. The number of rotatable bonds is 4. The monoisotopic (exact) mass is 442 g/mol. The largest absolute Gasteiger partial charge is 0.451 e. The molecule has 2 aromatic carbocycles. The second-order valence-electron chi connectivity index (χ2n) is 5.72. The molecule has 150 valence electrons. The second-order valence-corrected chi connectivity index (χ2v) is 6.59. The van der Waals surface area contributed by atoms with Crippen LogP contribution in [0.1, 0.15) is 21.7 Å². The van der Waals surface area contributed by atoms with E-state index in [4.69, 9.17) is 33.4 Å². The summed E-state index contributed by atoms with van der Waals surface area (Å²) in [5, 5.41) is 4.23. The van der Waals surface area contributed by atoms with Gasteiger partial charge < -0.3 is 15.0 Å². The number of alkyl halides is 3. The molecule has 0 amide bonds. The first-order chi connectivity index (χ1) is 13.6. The van der Waals surface area contributed by atoms with Crippen LogP contribution in [0.15, 0.2) is 64.2 Å². The molecule has 0 fully saturated rings. The van der Waals surface area contributed by atoms with Gasteiger partial charge in [0.05, 0.1) is 0 Å². The number of carbonyl (C=O) groups excluding carboxylic acids is 1. The first-order valence-corrected chi connectivity index (χ1v) is 8.68. The first-order valence-electron chi connectivity index (χ1n) is 7.93. The summed E-state index contributed by atoms with van der Waals surface area (Å²) in [6.07, 6.45) is -4.93. The molecule has 0 atom stereocenters. The number of nitrogens with zero attached hydrogens (tertiary/aromatic N) is 1. The van der Waals surface area contributed by atoms with Gasteiger partial charge in [-0.25, -0.2) is 4.79 Å². The maximum atomic E-state index is 13.3. The average molecular weight is 443 g/mol. The molecule has 0 aliphatic carbocycles. The number of halogens is 5. The Labute approximate surface area is 172 Å². The summed E-state index contributed by atoms with van der Waals surface area (Å²) >= 11 is 11.5. The number of carbonyl (C=O) groups is 1. The van der Waals surface area contributed by atoms with Crippen molar-refractivity contribution in [2.45, 2.75) is 6.18 Å². The van der Waals surface area contributed by atoms with Gasteiger partial charge in [0, 0.05) is 21.2 Å². The summed E-state index contributed by atoms with van der Waals surface area (Å²) < 4.78 is 44.8. The minimum Gasteiger partial charge on any atom is -0.451 e. The van der Waals surface area contributed by atoms with Crippen LogP contribution in [0.5, 0.6) is 0 Å². The average Bonchev–Trinajstić information content (AvgIpc) is 3.13. The highest BCUT2D eigenvalue weighted by Crippen LogP contribution is 2.37. The van der Waals surface area contributed by atoms with E-state index in [0.717, 1.165) is 6.07 Å². The number of hydrogen-bond donors (Lipinski definition) is 1. The molecule has 5 nitrogen and oxygen atoms in total. The summed E-state index contributed by atoms with van der Waals surface area (Å²) in [7, 11) is 0. The van der Waals surface area contributed by atoms with Crippen LogP contribution in [0.3, 0.4) is 0 Å². The lowest BCUT2D eigenvalue weighted by Crippen LogP contribution is -2.16. The fourth-order valence-electron chi connectivity index (χ4n) is 2.32. The van der Waals surface area contributed by atoms with Gasteiger partial charge in [0.2, 0.25) is 5.76 Å². The van der Waals surface area contributed by atoms with Gasteiger partial charge in [-0.05, 0) is 54.6 Å². The van der Waals surface area contributed by atoms with Gasteiger partial charge in [-0.2, -0.15) is 13.2 Å². The molecule has 0 saturated carbocycles. The number of hydrogen-bond acceptors (Lipinski definition) is 4. The van der Waals surface area contributed by atoms with Crippen LogP contribution in [-0.2, 0) is 11.0 Å². The number of oxime groups is 1. The molecule has 0 saturated heterocycles. The molecule has 0 unspecified atom stereocenters. The van der Waals surface area contributed by atoms with Crippen molar-refractivity contribution in [3.63, 3.8) is 0 Å². The molecule has 3 aromatic rings. The summed E-state index contributed by atoms with van der Waals surface area (Å²) in [4.78, 5) is 16.8. The maximum absolute atomic E-state index is 13.3. The zero-order chi connectivity index (χ0) is 21.2. The minimum absolute atomic E-state index is 0.185. The molecule has 0 bridgehead atoms. The number of amidine groups is 1. The lowest BCUT2D eigenvalue weighted by atomic mass is 10.1. The second kappa shape index (κ2) is 8.18. The van der Waals surface area contributed by atoms with Crippen molar-refractivity contribution in [1.82, 2.24) is 0 Å². The lowest BCUT2D eigenvalue weighted by molar-refractivity contribution is -0.153. The number of furan rings is 1. The Morgan fingerprint density at radius 2 is 1.55 bits per heavy atom. The highest BCUT2D eigenvalue weighted by molar-refractivity contribution is 6.31. The summed E-state index contributed by atoms with van der Waals surface area (Å²) in [5.41, 5.74) is 5.50. The van der Waals surface area contributed by atoms with Gasteiger partial charge in [-0.3, -0.25) is 0 Å². The van der Waals surface area contributed by atoms with Crippen molar-refractivity contribution in [2.75, 3.05) is 0 Å². The van der Waals surface area contributed by atoms with Crippen LogP contribution in [0, 0.1) is 0 Å². The minimum atomic E-state index is -4.93. The third kappa shape index (κ3) is 4.90. The van der Waals surface area contributed by atoms with Crippen LogP contribution in [0.25, 0.3) is 11.3 Å². The Morgan fingerprint density at radius 1 is 1.00 bits per heavy atom. The molecular weight excluding hydrogens is 432 g/mol. The van der Waals surface area contributed by atoms with E-state index >= 15 is 0 Å².